The molecule has 0 radical (unpaired) electrons. The average Bonchev–Trinajstić information content (AvgIpc) is 3.13. The van der Waals surface area contributed by atoms with Crippen molar-refractivity contribution in [1.82, 2.24) is 4.90 Å². The second-order valence-corrected chi connectivity index (χ2v) is 11.1. The Morgan fingerprint density at radius 2 is 2.03 bits per heavy atom. The van der Waals surface area contributed by atoms with E-state index in [1.807, 2.05) is 0 Å². The highest BCUT2D eigenvalue weighted by molar-refractivity contribution is 5.89. The molecule has 11 atom stereocenters. The van der Waals surface area contributed by atoms with Crippen molar-refractivity contribution in [2.45, 2.75) is 62.9 Å². The van der Waals surface area contributed by atoms with Gasteiger partial charge in [0.2, 0.25) is 0 Å². The summed E-state index contributed by atoms with van der Waals surface area (Å²) in [6.45, 7) is 4.79. The Bertz CT molecular complexity index is 745. The van der Waals surface area contributed by atoms with Crippen LogP contribution in [0.3, 0.4) is 0 Å². The van der Waals surface area contributed by atoms with Gasteiger partial charge in [-0.1, -0.05) is 6.92 Å². The van der Waals surface area contributed by atoms with Crippen LogP contribution in [-0.2, 0) is 14.3 Å². The molecule has 1 aliphatic heterocycles. The van der Waals surface area contributed by atoms with Crippen LogP contribution < -0.4 is 0 Å². The fraction of sp³-hybridized carbons (Fsp3) is 0.957. The Kier molecular flexibility index (Phi) is 3.85. The second kappa shape index (κ2) is 5.83. The molecule has 6 aliphatic rings. The summed E-state index contributed by atoms with van der Waals surface area (Å²) in [6.07, 6.45) is 3.40. The van der Waals surface area contributed by atoms with E-state index in [4.69, 9.17) is 9.47 Å². The zero-order chi connectivity index (χ0) is 20.3. The molecule has 6 fully saturated rings. The Balaban J connectivity index is 1.58. The lowest BCUT2D eigenvalue weighted by molar-refractivity contribution is -0.257. The van der Waals surface area contributed by atoms with E-state index < -0.39 is 11.7 Å². The van der Waals surface area contributed by atoms with Crippen LogP contribution in [0.2, 0.25) is 0 Å². The van der Waals surface area contributed by atoms with Gasteiger partial charge in [-0.15, -0.1) is 0 Å². The number of aliphatic hydroxyl groups is 2. The van der Waals surface area contributed by atoms with Gasteiger partial charge in [0.15, 0.2) is 0 Å². The third-order valence-electron chi connectivity index (χ3n) is 10.7. The molecule has 6 heteroatoms. The highest BCUT2D eigenvalue weighted by Crippen LogP contribution is 2.78. The van der Waals surface area contributed by atoms with Crippen molar-refractivity contribution in [2.75, 3.05) is 33.9 Å². The molecule has 5 saturated carbocycles. The van der Waals surface area contributed by atoms with E-state index >= 15 is 0 Å². The van der Waals surface area contributed by atoms with Gasteiger partial charge in [-0.25, -0.2) is 0 Å². The SMILES string of the molecule is CCN1C[C@]2(COC)CC[C@H](O)[C@@]34[C@@H]5C[C@H]6C(=O)[C@@H]5[C@](O)(C[C@@H]6OC)[C@@H](C[C@H]23)[C@@H]14. The van der Waals surface area contributed by atoms with Gasteiger partial charge in [0.1, 0.15) is 5.78 Å². The average molecular weight is 406 g/mol. The molecule has 6 nitrogen and oxygen atoms in total. The number of nitrogens with zero attached hydrogens (tertiary/aromatic N) is 1. The highest BCUT2D eigenvalue weighted by atomic mass is 16.5. The summed E-state index contributed by atoms with van der Waals surface area (Å²) >= 11 is 0. The maximum absolute atomic E-state index is 13.5. The molecular formula is C23H35NO5. The number of rotatable bonds is 4. The number of methoxy groups -OCH3 is 2. The zero-order valence-electron chi connectivity index (χ0n) is 17.8. The van der Waals surface area contributed by atoms with Gasteiger partial charge in [0, 0.05) is 55.9 Å². The predicted molar refractivity (Wildman–Crippen MR) is 105 cm³/mol. The molecule has 1 spiro atoms. The smallest absolute Gasteiger partial charge is 0.144 e. The Hall–Kier alpha value is -0.530. The molecule has 0 aromatic rings. The molecule has 162 valence electrons. The van der Waals surface area contributed by atoms with Gasteiger partial charge in [0.05, 0.1) is 30.3 Å². The van der Waals surface area contributed by atoms with Crippen LogP contribution in [0.5, 0.6) is 0 Å². The van der Waals surface area contributed by atoms with Crippen LogP contribution in [0.25, 0.3) is 0 Å². The number of hydrogen-bond donors (Lipinski definition) is 2. The first kappa shape index (κ1) is 19.2. The largest absolute Gasteiger partial charge is 0.392 e. The molecule has 0 unspecified atom stereocenters. The van der Waals surface area contributed by atoms with Crippen molar-refractivity contribution in [1.29, 1.82) is 0 Å². The van der Waals surface area contributed by atoms with Crippen LogP contribution in [-0.4, -0.2) is 78.7 Å². The quantitative estimate of drug-likeness (QED) is 0.729. The maximum atomic E-state index is 13.5. The van der Waals surface area contributed by atoms with E-state index in [2.05, 4.69) is 11.8 Å². The number of Topliss-reactive ketones (excluding diaryl/α,β-unsaturated/α-hetero) is 1. The van der Waals surface area contributed by atoms with E-state index in [9.17, 15) is 15.0 Å². The van der Waals surface area contributed by atoms with Crippen molar-refractivity contribution in [3.63, 3.8) is 0 Å². The fourth-order valence-corrected chi connectivity index (χ4v) is 10.1. The van der Waals surface area contributed by atoms with Crippen LogP contribution in [0, 0.1) is 40.4 Å². The summed E-state index contributed by atoms with van der Waals surface area (Å²) in [4.78, 5) is 16.0. The first-order valence-corrected chi connectivity index (χ1v) is 11.6. The molecule has 29 heavy (non-hydrogen) atoms. The second-order valence-electron chi connectivity index (χ2n) is 11.1. The lowest BCUT2D eigenvalue weighted by Crippen LogP contribution is -2.76. The maximum Gasteiger partial charge on any atom is 0.144 e. The summed E-state index contributed by atoms with van der Waals surface area (Å²) in [5.74, 6) is 0.169. The topological polar surface area (TPSA) is 79.2 Å². The third kappa shape index (κ3) is 1.88. The number of ether oxygens (including phenoxy) is 2. The number of hydrogen-bond acceptors (Lipinski definition) is 6. The Morgan fingerprint density at radius 1 is 1.24 bits per heavy atom. The molecule has 7 bridgehead atoms. The van der Waals surface area contributed by atoms with E-state index in [-0.39, 0.29) is 52.4 Å². The fourth-order valence-electron chi connectivity index (χ4n) is 10.1. The van der Waals surface area contributed by atoms with E-state index in [0.717, 1.165) is 38.8 Å². The van der Waals surface area contributed by atoms with Crippen LogP contribution in [0.4, 0.5) is 0 Å². The first-order chi connectivity index (χ1) is 13.9. The summed E-state index contributed by atoms with van der Waals surface area (Å²) < 4.78 is 11.5. The number of likely N-dealkylation sites (tertiary alicyclic amines) is 1. The van der Waals surface area contributed by atoms with Gasteiger partial charge in [0.25, 0.3) is 0 Å². The Labute approximate surface area is 172 Å². The standard InChI is InChI=1S/C23H35NO5/c1-4-24-10-21(11-28-2)6-5-17(25)23-13-7-12-15(29-3)9-22(27,18(13)19(12)26)14(20(23)24)8-16(21)23/h12-18,20,25,27H,4-11H2,1-3H3/t12-,13-,14+,15+,16-,17+,18-,20-,21+,22+,23-/m1/s1. The van der Waals surface area contributed by atoms with E-state index in [0.29, 0.717) is 18.9 Å². The molecule has 5 aliphatic carbocycles. The van der Waals surface area contributed by atoms with Gasteiger partial charge >= 0.3 is 0 Å². The van der Waals surface area contributed by atoms with E-state index in [1.165, 1.54) is 0 Å². The molecule has 6 rings (SSSR count). The zero-order valence-corrected chi connectivity index (χ0v) is 17.8. The molecule has 2 N–H and O–H groups in total. The number of carbonyl (C=O) groups excluding carboxylic acids is 1. The van der Waals surface area contributed by atoms with Gasteiger partial charge in [-0.2, -0.15) is 0 Å². The van der Waals surface area contributed by atoms with E-state index in [1.54, 1.807) is 14.2 Å². The lowest BCUT2D eigenvalue weighted by atomic mass is 9.43. The number of aliphatic hydroxyl groups excluding tert-OH is 1. The van der Waals surface area contributed by atoms with Gasteiger partial charge in [-0.05, 0) is 44.1 Å². The van der Waals surface area contributed by atoms with Crippen molar-refractivity contribution >= 4 is 5.78 Å². The number of fused-ring (bicyclic) bond motifs is 2. The Morgan fingerprint density at radius 3 is 2.72 bits per heavy atom. The number of piperidine rings is 1. The first-order valence-electron chi connectivity index (χ1n) is 11.6. The van der Waals surface area contributed by atoms with Crippen molar-refractivity contribution in [3.8, 4) is 0 Å². The number of carbonyl (C=O) groups is 1. The van der Waals surface area contributed by atoms with Crippen molar-refractivity contribution in [2.24, 2.45) is 40.4 Å². The molecule has 1 saturated heterocycles. The van der Waals surface area contributed by atoms with Crippen molar-refractivity contribution < 1.29 is 24.5 Å². The minimum Gasteiger partial charge on any atom is -0.392 e. The van der Waals surface area contributed by atoms with Crippen LogP contribution >= 0.6 is 0 Å². The predicted octanol–water partition coefficient (Wildman–Crippen LogP) is 1.09. The third-order valence-corrected chi connectivity index (χ3v) is 10.7. The minimum absolute atomic E-state index is 0.0199. The number of ketones is 1. The van der Waals surface area contributed by atoms with Crippen molar-refractivity contribution in [3.05, 3.63) is 0 Å². The molecular weight excluding hydrogens is 370 g/mol. The lowest BCUT2D eigenvalue weighted by Gasteiger charge is -2.68. The van der Waals surface area contributed by atoms with Crippen LogP contribution in [0.15, 0.2) is 0 Å². The molecule has 1 heterocycles. The monoisotopic (exact) mass is 405 g/mol. The van der Waals surface area contributed by atoms with Gasteiger partial charge in [-0.3, -0.25) is 9.69 Å². The normalized spacial score (nSPS) is 60.0. The summed E-state index contributed by atoms with van der Waals surface area (Å²) in [5, 5.41) is 23.8. The highest BCUT2D eigenvalue weighted by Gasteiger charge is 2.83. The summed E-state index contributed by atoms with van der Waals surface area (Å²) in [7, 11) is 3.47. The summed E-state index contributed by atoms with van der Waals surface area (Å²) in [5.41, 5.74) is -1.27. The molecule has 0 aromatic heterocycles. The van der Waals surface area contributed by atoms with Crippen LogP contribution in [0.1, 0.15) is 39.0 Å². The summed E-state index contributed by atoms with van der Waals surface area (Å²) in [6, 6.07) is 0.159. The molecule has 0 amide bonds. The minimum atomic E-state index is -1.00. The molecule has 0 aromatic carbocycles. The van der Waals surface area contributed by atoms with Gasteiger partial charge < -0.3 is 19.7 Å².